The summed E-state index contributed by atoms with van der Waals surface area (Å²) in [6.07, 6.45) is 1.25. The molecule has 5 nitrogen and oxygen atoms in total. The highest BCUT2D eigenvalue weighted by Gasteiger charge is 2.23. The molecule has 0 aliphatic carbocycles. The SMILES string of the molecule is CCC[C@H](OC)[C@@H](COCc1ccccc1)NC(=O)OC. The van der Waals surface area contributed by atoms with Gasteiger partial charge >= 0.3 is 6.09 Å². The van der Waals surface area contributed by atoms with Crippen molar-refractivity contribution >= 4 is 6.09 Å². The maximum Gasteiger partial charge on any atom is 0.407 e. The van der Waals surface area contributed by atoms with Gasteiger partial charge in [0.1, 0.15) is 0 Å². The van der Waals surface area contributed by atoms with Gasteiger partial charge in [0.15, 0.2) is 0 Å². The number of hydrogen-bond acceptors (Lipinski definition) is 4. The lowest BCUT2D eigenvalue weighted by atomic mass is 10.1. The summed E-state index contributed by atoms with van der Waals surface area (Å²) in [5.41, 5.74) is 1.10. The minimum Gasteiger partial charge on any atom is -0.453 e. The van der Waals surface area contributed by atoms with Crippen LogP contribution in [0.1, 0.15) is 25.3 Å². The molecule has 0 spiro atoms. The third kappa shape index (κ3) is 6.60. The van der Waals surface area contributed by atoms with Gasteiger partial charge in [0.05, 0.1) is 32.5 Å². The standard InChI is InChI=1S/C16H25NO4/c1-4-8-15(19-2)14(17-16(18)20-3)12-21-11-13-9-6-5-7-10-13/h5-7,9-10,14-15H,4,8,11-12H2,1-3H3,(H,17,18)/t14-,15+/m1/s1. The number of amides is 1. The molecule has 21 heavy (non-hydrogen) atoms. The van der Waals surface area contributed by atoms with E-state index in [0.29, 0.717) is 13.2 Å². The van der Waals surface area contributed by atoms with Gasteiger partial charge in [-0.15, -0.1) is 0 Å². The van der Waals surface area contributed by atoms with E-state index in [-0.39, 0.29) is 12.1 Å². The summed E-state index contributed by atoms with van der Waals surface area (Å²) in [6.45, 7) is 2.96. The van der Waals surface area contributed by atoms with Crippen molar-refractivity contribution in [3.05, 3.63) is 35.9 Å². The van der Waals surface area contributed by atoms with Crippen LogP contribution in [0.15, 0.2) is 30.3 Å². The van der Waals surface area contributed by atoms with Crippen molar-refractivity contribution in [3.63, 3.8) is 0 Å². The molecule has 5 heteroatoms. The number of benzene rings is 1. The molecule has 0 heterocycles. The van der Waals surface area contributed by atoms with Gasteiger partial charge < -0.3 is 19.5 Å². The second-order valence-corrected chi connectivity index (χ2v) is 4.81. The number of rotatable bonds is 9. The Hall–Kier alpha value is -1.59. The van der Waals surface area contributed by atoms with Gasteiger partial charge in [-0.2, -0.15) is 0 Å². The van der Waals surface area contributed by atoms with Crippen LogP contribution in [0.25, 0.3) is 0 Å². The van der Waals surface area contributed by atoms with Crippen LogP contribution in [0.4, 0.5) is 4.79 Å². The maximum absolute atomic E-state index is 11.4. The van der Waals surface area contributed by atoms with Crippen LogP contribution in [0.2, 0.25) is 0 Å². The summed E-state index contributed by atoms with van der Waals surface area (Å²) in [5, 5.41) is 2.78. The molecule has 2 atom stereocenters. The molecule has 0 saturated carbocycles. The topological polar surface area (TPSA) is 56.8 Å². The van der Waals surface area contributed by atoms with Crippen LogP contribution in [0.5, 0.6) is 0 Å². The number of carbonyl (C=O) groups is 1. The summed E-state index contributed by atoms with van der Waals surface area (Å²) in [5.74, 6) is 0. The molecule has 118 valence electrons. The summed E-state index contributed by atoms with van der Waals surface area (Å²) in [4.78, 5) is 11.4. The lowest BCUT2D eigenvalue weighted by molar-refractivity contribution is 0.0119. The Labute approximate surface area is 126 Å². The molecule has 1 amide bonds. The molecule has 0 aromatic heterocycles. The first kappa shape index (κ1) is 17.5. The van der Waals surface area contributed by atoms with E-state index in [9.17, 15) is 4.79 Å². The lowest BCUT2D eigenvalue weighted by Gasteiger charge is -2.26. The number of alkyl carbamates (subject to hydrolysis) is 1. The highest BCUT2D eigenvalue weighted by atomic mass is 16.5. The molecule has 0 bridgehead atoms. The zero-order valence-electron chi connectivity index (χ0n) is 13.0. The predicted octanol–water partition coefficient (Wildman–Crippen LogP) is 2.74. The van der Waals surface area contributed by atoms with E-state index in [1.807, 2.05) is 30.3 Å². The number of methoxy groups -OCH3 is 2. The van der Waals surface area contributed by atoms with Gasteiger partial charge in [-0.25, -0.2) is 4.79 Å². The molecule has 0 saturated heterocycles. The molecule has 0 aliphatic rings. The normalized spacial score (nSPS) is 13.5. The Kier molecular flexibility index (Phi) is 8.47. The first-order valence-corrected chi connectivity index (χ1v) is 7.20. The molecule has 0 unspecified atom stereocenters. The van der Waals surface area contributed by atoms with Crippen molar-refractivity contribution in [2.45, 2.75) is 38.5 Å². The zero-order valence-corrected chi connectivity index (χ0v) is 13.0. The summed E-state index contributed by atoms with van der Waals surface area (Å²) < 4.78 is 15.8. The van der Waals surface area contributed by atoms with Crippen molar-refractivity contribution in [1.29, 1.82) is 0 Å². The summed E-state index contributed by atoms with van der Waals surface area (Å²) >= 11 is 0. The Balaban J connectivity index is 2.52. The second-order valence-electron chi connectivity index (χ2n) is 4.81. The largest absolute Gasteiger partial charge is 0.453 e. The second kappa shape index (κ2) is 10.2. The van der Waals surface area contributed by atoms with Crippen LogP contribution < -0.4 is 5.32 Å². The Morgan fingerprint density at radius 2 is 1.95 bits per heavy atom. The average Bonchev–Trinajstić information content (AvgIpc) is 2.52. The Bertz CT molecular complexity index is 397. The highest BCUT2D eigenvalue weighted by molar-refractivity contribution is 5.67. The fourth-order valence-electron chi connectivity index (χ4n) is 2.10. The Morgan fingerprint density at radius 1 is 1.24 bits per heavy atom. The van der Waals surface area contributed by atoms with E-state index in [1.165, 1.54) is 7.11 Å². The van der Waals surface area contributed by atoms with Crippen LogP contribution in [-0.4, -0.2) is 39.1 Å². The highest BCUT2D eigenvalue weighted by Crippen LogP contribution is 2.09. The van der Waals surface area contributed by atoms with Gasteiger partial charge in [0, 0.05) is 7.11 Å². The van der Waals surface area contributed by atoms with Crippen molar-refractivity contribution in [2.75, 3.05) is 20.8 Å². The lowest BCUT2D eigenvalue weighted by Crippen LogP contribution is -2.47. The van der Waals surface area contributed by atoms with E-state index >= 15 is 0 Å². The molecular formula is C16H25NO4. The van der Waals surface area contributed by atoms with Crippen LogP contribution in [-0.2, 0) is 20.8 Å². The average molecular weight is 295 g/mol. The van der Waals surface area contributed by atoms with Crippen LogP contribution in [0.3, 0.4) is 0 Å². The minimum atomic E-state index is -0.471. The van der Waals surface area contributed by atoms with Gasteiger partial charge in [-0.3, -0.25) is 0 Å². The van der Waals surface area contributed by atoms with Crippen LogP contribution >= 0.6 is 0 Å². The van der Waals surface area contributed by atoms with E-state index in [4.69, 9.17) is 9.47 Å². The molecule has 0 radical (unpaired) electrons. The molecule has 0 aliphatic heterocycles. The van der Waals surface area contributed by atoms with E-state index in [2.05, 4.69) is 17.0 Å². The predicted molar refractivity (Wildman–Crippen MR) is 81.1 cm³/mol. The van der Waals surface area contributed by atoms with Gasteiger partial charge in [0.25, 0.3) is 0 Å². The molecule has 1 rings (SSSR count). The molecular weight excluding hydrogens is 270 g/mol. The number of carbonyl (C=O) groups excluding carboxylic acids is 1. The fraction of sp³-hybridized carbons (Fsp3) is 0.562. The van der Waals surface area contributed by atoms with E-state index < -0.39 is 6.09 Å². The first-order chi connectivity index (χ1) is 10.2. The number of nitrogens with one attached hydrogen (secondary N) is 1. The monoisotopic (exact) mass is 295 g/mol. The van der Waals surface area contributed by atoms with Gasteiger partial charge in [-0.1, -0.05) is 43.7 Å². The maximum atomic E-state index is 11.4. The van der Waals surface area contributed by atoms with Crippen molar-refractivity contribution in [1.82, 2.24) is 5.32 Å². The third-order valence-corrected chi connectivity index (χ3v) is 3.22. The van der Waals surface area contributed by atoms with E-state index in [1.54, 1.807) is 7.11 Å². The van der Waals surface area contributed by atoms with Crippen molar-refractivity contribution in [2.24, 2.45) is 0 Å². The molecule has 1 aromatic carbocycles. The van der Waals surface area contributed by atoms with Crippen LogP contribution in [0, 0.1) is 0 Å². The minimum absolute atomic E-state index is 0.0927. The summed E-state index contributed by atoms with van der Waals surface area (Å²) in [6, 6.07) is 9.68. The number of hydrogen-bond donors (Lipinski definition) is 1. The Morgan fingerprint density at radius 3 is 2.52 bits per heavy atom. The van der Waals surface area contributed by atoms with E-state index in [0.717, 1.165) is 18.4 Å². The summed E-state index contributed by atoms with van der Waals surface area (Å²) in [7, 11) is 2.99. The van der Waals surface area contributed by atoms with Gasteiger partial charge in [0.2, 0.25) is 0 Å². The smallest absolute Gasteiger partial charge is 0.407 e. The van der Waals surface area contributed by atoms with Crippen molar-refractivity contribution < 1.29 is 19.0 Å². The quantitative estimate of drug-likeness (QED) is 0.761. The third-order valence-electron chi connectivity index (χ3n) is 3.22. The molecule has 1 aromatic rings. The first-order valence-electron chi connectivity index (χ1n) is 7.20. The number of ether oxygens (including phenoxy) is 3. The van der Waals surface area contributed by atoms with Crippen molar-refractivity contribution in [3.8, 4) is 0 Å². The zero-order chi connectivity index (χ0) is 15.5. The van der Waals surface area contributed by atoms with Gasteiger partial charge in [-0.05, 0) is 12.0 Å². The molecule has 0 fully saturated rings. The fourth-order valence-corrected chi connectivity index (χ4v) is 2.10. The molecule has 1 N–H and O–H groups in total.